The van der Waals surface area contributed by atoms with Gasteiger partial charge >= 0.3 is 5.97 Å². The van der Waals surface area contributed by atoms with Crippen LogP contribution in [0.25, 0.3) is 0 Å². The minimum atomic E-state index is -2.64. The maximum atomic E-state index is 12.5. The van der Waals surface area contributed by atoms with Crippen LogP contribution >= 0.6 is 11.8 Å². The zero-order valence-corrected chi connectivity index (χ0v) is 10.7. The monoisotopic (exact) mass is 254 g/mol. The molecule has 0 aromatic rings. The first-order chi connectivity index (χ1) is 7.37. The van der Waals surface area contributed by atoms with Gasteiger partial charge in [-0.25, -0.2) is 8.78 Å². The topological polar surface area (TPSA) is 37.3 Å². The molecular formula is C11H20F2O2S. The van der Waals surface area contributed by atoms with Crippen molar-refractivity contribution in [2.45, 2.75) is 57.1 Å². The first-order valence-corrected chi connectivity index (χ1v) is 6.64. The smallest absolute Gasteiger partial charge is 0.316 e. The van der Waals surface area contributed by atoms with Gasteiger partial charge in [-0.15, -0.1) is 11.8 Å². The number of alkyl halides is 2. The number of carbonyl (C=O) groups is 1. The third-order valence-electron chi connectivity index (χ3n) is 2.17. The van der Waals surface area contributed by atoms with E-state index in [-0.39, 0.29) is 6.42 Å². The summed E-state index contributed by atoms with van der Waals surface area (Å²) in [6, 6.07) is 0. The van der Waals surface area contributed by atoms with Crippen molar-refractivity contribution >= 4 is 17.7 Å². The maximum absolute atomic E-state index is 12.5. The van der Waals surface area contributed by atoms with Crippen LogP contribution in [-0.2, 0) is 4.79 Å². The number of carboxylic acids is 1. The summed E-state index contributed by atoms with van der Waals surface area (Å²) in [6.07, 6.45) is 2.65. The molecule has 16 heavy (non-hydrogen) atoms. The molecule has 1 atom stereocenters. The molecule has 1 N–H and O–H groups in total. The molecule has 0 rings (SSSR count). The Morgan fingerprint density at radius 3 is 2.50 bits per heavy atom. The van der Waals surface area contributed by atoms with Gasteiger partial charge in [0.05, 0.1) is 0 Å². The molecule has 0 aromatic carbocycles. The lowest BCUT2D eigenvalue weighted by Gasteiger charge is -2.13. The number of hydrogen-bond acceptors (Lipinski definition) is 2. The maximum Gasteiger partial charge on any atom is 0.316 e. The quantitative estimate of drug-likeness (QED) is 0.636. The van der Waals surface area contributed by atoms with Gasteiger partial charge < -0.3 is 5.11 Å². The third kappa shape index (κ3) is 8.95. The van der Waals surface area contributed by atoms with Crippen molar-refractivity contribution < 1.29 is 18.7 Å². The van der Waals surface area contributed by atoms with E-state index in [2.05, 4.69) is 0 Å². The van der Waals surface area contributed by atoms with Gasteiger partial charge in [-0.2, -0.15) is 0 Å². The van der Waals surface area contributed by atoms with Crippen LogP contribution in [0.3, 0.4) is 0 Å². The molecule has 0 heterocycles. The van der Waals surface area contributed by atoms with Crippen molar-refractivity contribution in [2.24, 2.45) is 0 Å². The summed E-state index contributed by atoms with van der Waals surface area (Å²) in [5, 5.41) is 8.45. The number of thioether (sulfide) groups is 1. The fourth-order valence-corrected chi connectivity index (χ4v) is 2.35. The van der Waals surface area contributed by atoms with E-state index in [1.54, 1.807) is 0 Å². The zero-order chi connectivity index (χ0) is 12.6. The molecule has 0 radical (unpaired) electrons. The van der Waals surface area contributed by atoms with Gasteiger partial charge in [-0.3, -0.25) is 4.79 Å². The molecule has 2 nitrogen and oxygen atoms in total. The average Bonchev–Trinajstić information content (AvgIpc) is 2.14. The van der Waals surface area contributed by atoms with E-state index >= 15 is 0 Å². The van der Waals surface area contributed by atoms with E-state index < -0.39 is 17.1 Å². The van der Waals surface area contributed by atoms with Gasteiger partial charge in [0, 0.05) is 6.42 Å². The molecule has 0 saturated heterocycles. The molecule has 1 unspecified atom stereocenters. The minimum Gasteiger partial charge on any atom is -0.480 e. The molecular weight excluding hydrogens is 234 g/mol. The molecule has 0 amide bonds. The fraction of sp³-hybridized carbons (Fsp3) is 0.909. The summed E-state index contributed by atoms with van der Waals surface area (Å²) < 4.78 is 25.0. The first-order valence-electron chi connectivity index (χ1n) is 5.59. The van der Waals surface area contributed by atoms with Gasteiger partial charge in [-0.1, -0.05) is 19.8 Å². The van der Waals surface area contributed by atoms with Crippen molar-refractivity contribution in [1.29, 1.82) is 0 Å². The van der Waals surface area contributed by atoms with Gasteiger partial charge in [0.15, 0.2) is 0 Å². The highest BCUT2D eigenvalue weighted by Crippen LogP contribution is 2.23. The van der Waals surface area contributed by atoms with E-state index in [1.165, 1.54) is 11.8 Å². The molecule has 0 aliphatic rings. The van der Waals surface area contributed by atoms with Gasteiger partial charge in [0.2, 0.25) is 5.92 Å². The number of rotatable bonds is 9. The van der Waals surface area contributed by atoms with Gasteiger partial charge in [0.25, 0.3) is 0 Å². The summed E-state index contributed by atoms with van der Waals surface area (Å²) in [6.45, 7) is 2.89. The van der Waals surface area contributed by atoms with Crippen molar-refractivity contribution in [3.63, 3.8) is 0 Å². The number of carboxylic acid groups (broad SMARTS) is 1. The van der Waals surface area contributed by atoms with Crippen LogP contribution in [0.2, 0.25) is 0 Å². The largest absolute Gasteiger partial charge is 0.480 e. The van der Waals surface area contributed by atoms with Crippen LogP contribution in [0, 0.1) is 0 Å². The highest BCUT2D eigenvalue weighted by atomic mass is 32.2. The van der Waals surface area contributed by atoms with Crippen molar-refractivity contribution in [2.75, 3.05) is 5.75 Å². The molecule has 0 spiro atoms. The zero-order valence-electron chi connectivity index (χ0n) is 9.84. The van der Waals surface area contributed by atoms with Crippen LogP contribution in [0.4, 0.5) is 8.78 Å². The van der Waals surface area contributed by atoms with E-state index in [4.69, 9.17) is 5.11 Å². The second-order valence-electron chi connectivity index (χ2n) is 4.01. The van der Waals surface area contributed by atoms with E-state index in [0.29, 0.717) is 18.6 Å². The predicted octanol–water partition coefficient (Wildman–Crippen LogP) is 3.80. The second kappa shape index (κ2) is 7.87. The Labute approximate surface area is 99.8 Å². The molecule has 0 aliphatic heterocycles. The molecule has 0 saturated carbocycles. The summed E-state index contributed by atoms with van der Waals surface area (Å²) in [5.74, 6) is -2.98. The Morgan fingerprint density at radius 2 is 2.06 bits per heavy atom. The van der Waals surface area contributed by atoms with Crippen LogP contribution in [0.5, 0.6) is 0 Å². The number of halogens is 2. The minimum absolute atomic E-state index is 0.167. The van der Waals surface area contributed by atoms with Crippen LogP contribution in [0.15, 0.2) is 0 Å². The van der Waals surface area contributed by atoms with E-state index in [0.717, 1.165) is 19.8 Å². The van der Waals surface area contributed by atoms with Gasteiger partial charge in [-0.05, 0) is 25.5 Å². The summed E-state index contributed by atoms with van der Waals surface area (Å²) in [5.41, 5.74) is 0. The third-order valence-corrected chi connectivity index (χ3v) is 3.54. The summed E-state index contributed by atoms with van der Waals surface area (Å²) in [4.78, 5) is 10.8. The normalized spacial score (nSPS) is 13.8. The Bertz CT molecular complexity index is 205. The highest BCUT2D eigenvalue weighted by molar-refractivity contribution is 8.00. The van der Waals surface area contributed by atoms with Crippen LogP contribution in [-0.4, -0.2) is 28.0 Å². The van der Waals surface area contributed by atoms with E-state index in [1.807, 2.05) is 6.92 Å². The standard InChI is InChI=1S/C11H20F2O2S/c1-3-4-6-9(10(14)15)16-8-5-7-11(2,12)13/h9H,3-8H2,1-2H3,(H,14,15). The summed E-state index contributed by atoms with van der Waals surface area (Å²) >= 11 is 1.28. The number of unbranched alkanes of at least 4 members (excludes halogenated alkanes) is 1. The molecule has 5 heteroatoms. The van der Waals surface area contributed by atoms with Crippen molar-refractivity contribution in [3.05, 3.63) is 0 Å². The first kappa shape index (κ1) is 15.7. The van der Waals surface area contributed by atoms with Crippen molar-refractivity contribution in [3.8, 4) is 0 Å². The molecule has 0 fully saturated rings. The van der Waals surface area contributed by atoms with Gasteiger partial charge in [0.1, 0.15) is 5.25 Å². The van der Waals surface area contributed by atoms with Crippen LogP contribution < -0.4 is 0 Å². The molecule has 96 valence electrons. The Kier molecular flexibility index (Phi) is 7.72. The molecule has 0 bridgehead atoms. The lowest BCUT2D eigenvalue weighted by Crippen LogP contribution is -2.17. The average molecular weight is 254 g/mol. The van der Waals surface area contributed by atoms with E-state index in [9.17, 15) is 13.6 Å². The lowest BCUT2D eigenvalue weighted by atomic mass is 10.2. The molecule has 0 aromatic heterocycles. The second-order valence-corrected chi connectivity index (χ2v) is 5.32. The number of hydrogen-bond donors (Lipinski definition) is 1. The summed E-state index contributed by atoms with van der Waals surface area (Å²) in [7, 11) is 0. The Hall–Kier alpha value is -0.320. The van der Waals surface area contributed by atoms with Crippen molar-refractivity contribution in [1.82, 2.24) is 0 Å². The van der Waals surface area contributed by atoms with Crippen LogP contribution in [0.1, 0.15) is 46.0 Å². The Balaban J connectivity index is 3.72. The predicted molar refractivity (Wildman–Crippen MR) is 63.3 cm³/mol. The fourth-order valence-electron chi connectivity index (χ4n) is 1.28. The molecule has 0 aliphatic carbocycles. The Morgan fingerprint density at radius 1 is 1.44 bits per heavy atom. The highest BCUT2D eigenvalue weighted by Gasteiger charge is 2.21. The number of aliphatic carboxylic acids is 1. The lowest BCUT2D eigenvalue weighted by molar-refractivity contribution is -0.136. The SMILES string of the molecule is CCCCC(SCCCC(C)(F)F)C(=O)O.